The Morgan fingerprint density at radius 2 is 1.78 bits per heavy atom. The van der Waals surface area contributed by atoms with Gasteiger partial charge >= 0.3 is 6.01 Å². The molecule has 0 aliphatic carbocycles. The number of nitrogens with one attached hydrogen (secondary N) is 1. The number of fused-ring (bicyclic) bond motifs is 3. The predicted octanol–water partition coefficient (Wildman–Crippen LogP) is 7.49. The van der Waals surface area contributed by atoms with Gasteiger partial charge in [0.05, 0.1) is 42.0 Å². The number of likely N-dealkylation sites (tertiary alicyclic amines) is 1. The Balaban J connectivity index is 0.798. The average Bonchev–Trinajstić information content (AvgIpc) is 4.01. The zero-order valence-corrected chi connectivity index (χ0v) is 40.4. The molecular formula is C52H60ClN13O3. The minimum Gasteiger partial charge on any atom is -0.473 e. The molecule has 0 bridgehead atoms. The topological polar surface area (TPSA) is 156 Å². The second-order valence-corrected chi connectivity index (χ2v) is 19.1. The SMILES string of the molecule is C=C(COc1ccc(CNc2cc(N3CCCCC3)nc3c(CC)cnn23)cn1)C(=O)N1CCN(c2nc(OCC3CCCN3C)nc3c2CCN(c2cccc4cccc(Cl)c24)C3)CC1CC#N. The van der Waals surface area contributed by atoms with E-state index in [1.807, 2.05) is 28.9 Å². The van der Waals surface area contributed by atoms with Crippen molar-refractivity contribution in [2.75, 3.05) is 86.1 Å². The highest BCUT2D eigenvalue weighted by atomic mass is 35.5. The van der Waals surface area contributed by atoms with Crippen molar-refractivity contribution >= 4 is 57.1 Å². The molecule has 4 aromatic heterocycles. The van der Waals surface area contributed by atoms with Crippen molar-refractivity contribution in [1.29, 1.82) is 5.26 Å². The van der Waals surface area contributed by atoms with Gasteiger partial charge in [0.1, 0.15) is 30.7 Å². The molecule has 358 valence electrons. The number of piperidine rings is 1. The average molecular weight is 951 g/mol. The van der Waals surface area contributed by atoms with Crippen LogP contribution in [0.5, 0.6) is 11.9 Å². The van der Waals surface area contributed by atoms with E-state index in [0.717, 1.165) is 107 Å². The fraction of sp³-hybridized carbons (Fsp3) is 0.442. The number of halogens is 1. The lowest BCUT2D eigenvalue weighted by Crippen LogP contribution is -2.56. The number of nitrogens with zero attached hydrogens (tertiary/aromatic N) is 12. The molecule has 3 fully saturated rings. The van der Waals surface area contributed by atoms with Crippen LogP contribution in [0.1, 0.15) is 67.8 Å². The number of carbonyl (C=O) groups is 1. The van der Waals surface area contributed by atoms with Crippen molar-refractivity contribution < 1.29 is 14.3 Å². The van der Waals surface area contributed by atoms with Gasteiger partial charge in [-0.2, -0.15) is 24.8 Å². The number of nitriles is 1. The van der Waals surface area contributed by atoms with Crippen molar-refractivity contribution in [3.8, 4) is 18.0 Å². The molecule has 2 atom stereocenters. The van der Waals surface area contributed by atoms with Gasteiger partial charge in [0, 0.05) is 98.0 Å². The third-order valence-electron chi connectivity index (χ3n) is 14.2. The molecule has 0 saturated carbocycles. The Morgan fingerprint density at radius 3 is 2.57 bits per heavy atom. The Hall–Kier alpha value is -6.70. The van der Waals surface area contributed by atoms with Gasteiger partial charge in [-0.1, -0.05) is 55.4 Å². The fourth-order valence-corrected chi connectivity index (χ4v) is 10.6. The lowest BCUT2D eigenvalue weighted by atomic mass is 10.0. The summed E-state index contributed by atoms with van der Waals surface area (Å²) in [4.78, 5) is 44.8. The summed E-state index contributed by atoms with van der Waals surface area (Å²) in [5, 5.41) is 21.1. The van der Waals surface area contributed by atoms with Crippen LogP contribution in [-0.2, 0) is 30.7 Å². The van der Waals surface area contributed by atoms with Crippen LogP contribution in [0.15, 0.2) is 79.1 Å². The van der Waals surface area contributed by atoms with Gasteiger partial charge in [-0.15, -0.1) is 0 Å². The number of anilines is 4. The van der Waals surface area contributed by atoms with E-state index >= 15 is 0 Å². The Kier molecular flexibility index (Phi) is 13.7. The van der Waals surface area contributed by atoms with Crippen molar-refractivity contribution in [2.24, 2.45) is 0 Å². The molecule has 0 spiro atoms. The molecule has 1 N–H and O–H groups in total. The van der Waals surface area contributed by atoms with Crippen LogP contribution < -0.4 is 29.5 Å². The van der Waals surface area contributed by atoms with E-state index < -0.39 is 6.04 Å². The second-order valence-electron chi connectivity index (χ2n) is 18.6. The van der Waals surface area contributed by atoms with E-state index in [4.69, 9.17) is 36.0 Å². The molecule has 10 rings (SSSR count). The minimum atomic E-state index is -0.397. The smallest absolute Gasteiger partial charge is 0.318 e. The molecule has 69 heavy (non-hydrogen) atoms. The van der Waals surface area contributed by atoms with Crippen molar-refractivity contribution in [3.63, 3.8) is 0 Å². The maximum Gasteiger partial charge on any atom is 0.318 e. The second kappa shape index (κ2) is 20.5. The first kappa shape index (κ1) is 46.1. The number of ether oxygens (including phenoxy) is 2. The molecule has 2 unspecified atom stereocenters. The normalized spacial score (nSPS) is 18.6. The summed E-state index contributed by atoms with van der Waals surface area (Å²) in [6, 6.07) is 20.7. The van der Waals surface area contributed by atoms with Crippen LogP contribution in [0.4, 0.5) is 23.1 Å². The number of rotatable bonds is 15. The van der Waals surface area contributed by atoms with E-state index in [9.17, 15) is 10.1 Å². The zero-order chi connectivity index (χ0) is 47.4. The quantitative estimate of drug-likeness (QED) is 0.101. The summed E-state index contributed by atoms with van der Waals surface area (Å²) in [5.74, 6) is 2.79. The molecule has 4 aliphatic rings. The van der Waals surface area contributed by atoms with Crippen molar-refractivity contribution in [3.05, 3.63) is 107 Å². The number of aromatic nitrogens is 6. The molecule has 17 heteroatoms. The van der Waals surface area contributed by atoms with Crippen LogP contribution in [0.25, 0.3) is 16.4 Å². The van der Waals surface area contributed by atoms with Gasteiger partial charge in [-0.3, -0.25) is 4.79 Å². The number of hydrogen-bond acceptors (Lipinski definition) is 14. The first-order valence-corrected chi connectivity index (χ1v) is 24.8. The van der Waals surface area contributed by atoms with Crippen LogP contribution >= 0.6 is 11.6 Å². The summed E-state index contributed by atoms with van der Waals surface area (Å²) < 4.78 is 14.3. The summed E-state index contributed by atoms with van der Waals surface area (Å²) in [5.41, 5.74) is 6.27. The highest BCUT2D eigenvalue weighted by Gasteiger charge is 2.35. The number of amides is 1. The van der Waals surface area contributed by atoms with Gasteiger partial charge in [0.25, 0.3) is 5.91 Å². The third kappa shape index (κ3) is 9.80. The monoisotopic (exact) mass is 949 g/mol. The summed E-state index contributed by atoms with van der Waals surface area (Å²) in [7, 11) is 2.13. The first-order valence-electron chi connectivity index (χ1n) is 24.4. The van der Waals surface area contributed by atoms with Crippen molar-refractivity contribution in [1.82, 2.24) is 39.3 Å². The van der Waals surface area contributed by atoms with Crippen LogP contribution in [0, 0.1) is 11.3 Å². The van der Waals surface area contributed by atoms with Crippen molar-refractivity contribution in [2.45, 2.75) is 83.5 Å². The van der Waals surface area contributed by atoms with Gasteiger partial charge in [0.15, 0.2) is 5.65 Å². The first-order chi connectivity index (χ1) is 33.7. The van der Waals surface area contributed by atoms with Crippen LogP contribution in [0.3, 0.4) is 0 Å². The van der Waals surface area contributed by atoms with Gasteiger partial charge in [0.2, 0.25) is 5.88 Å². The summed E-state index contributed by atoms with van der Waals surface area (Å²) >= 11 is 6.80. The summed E-state index contributed by atoms with van der Waals surface area (Å²) in [6.45, 7) is 12.9. The molecule has 4 aliphatic heterocycles. The Labute approximate surface area is 408 Å². The fourth-order valence-electron chi connectivity index (χ4n) is 10.3. The maximum absolute atomic E-state index is 14.1. The van der Waals surface area contributed by atoms with Gasteiger partial charge in [-0.25, -0.2) is 9.97 Å². The zero-order valence-electron chi connectivity index (χ0n) is 39.6. The molecule has 6 aromatic rings. The number of hydrogen-bond donors (Lipinski definition) is 1. The molecule has 3 saturated heterocycles. The van der Waals surface area contributed by atoms with E-state index in [1.54, 1.807) is 17.2 Å². The Morgan fingerprint density at radius 1 is 0.928 bits per heavy atom. The molecular weight excluding hydrogens is 890 g/mol. The van der Waals surface area contributed by atoms with Gasteiger partial charge in [-0.05, 0) is 81.6 Å². The largest absolute Gasteiger partial charge is 0.473 e. The maximum atomic E-state index is 14.1. The van der Waals surface area contributed by atoms with E-state index in [1.165, 1.54) is 19.3 Å². The summed E-state index contributed by atoms with van der Waals surface area (Å²) in [6.07, 6.45) is 11.2. The lowest BCUT2D eigenvalue weighted by Gasteiger charge is -2.42. The standard InChI is InChI=1S/C52H60ClN13O3/c1-4-37-30-57-66-45(27-46(59-49(37)66)62-22-6-5-7-23-62)55-28-36-16-17-47(56-29-36)68-33-35(2)51(67)65-26-25-64(31-39(65)18-20-54)50-41-19-24-63(44-15-9-12-38-11-8-14-42(53)48(38)44)32-43(41)58-52(60-50)69-34-40-13-10-21-61(40)3/h8-9,11-12,14-17,27,29-30,39-40,55H,2,4-7,10,13,18-19,21-26,28,31-34H2,1,3H3. The number of pyridine rings is 1. The lowest BCUT2D eigenvalue weighted by molar-refractivity contribution is -0.130. The predicted molar refractivity (Wildman–Crippen MR) is 269 cm³/mol. The number of benzene rings is 2. The molecule has 8 heterocycles. The molecule has 0 radical (unpaired) electrons. The number of carbonyl (C=O) groups excluding carboxylic acids is 1. The molecule has 16 nitrogen and oxygen atoms in total. The highest BCUT2D eigenvalue weighted by molar-refractivity contribution is 6.36. The highest BCUT2D eigenvalue weighted by Crippen LogP contribution is 2.38. The van der Waals surface area contributed by atoms with E-state index in [2.05, 4.69) is 92.0 Å². The van der Waals surface area contributed by atoms with Gasteiger partial charge < -0.3 is 39.3 Å². The molecule has 1 amide bonds. The number of piperazine rings is 1. The molecule has 2 aromatic carbocycles. The number of aryl methyl sites for hydroxylation is 1. The van der Waals surface area contributed by atoms with E-state index in [-0.39, 0.29) is 24.5 Å². The Bertz CT molecular complexity index is 2870. The van der Waals surface area contributed by atoms with Crippen LogP contribution in [0.2, 0.25) is 5.02 Å². The van der Waals surface area contributed by atoms with Crippen LogP contribution in [-0.4, -0.2) is 123 Å². The minimum absolute atomic E-state index is 0.0367. The number of likely N-dealkylation sites (N-methyl/N-ethyl adjacent to an activating group) is 1. The third-order valence-corrected chi connectivity index (χ3v) is 14.5. The van der Waals surface area contributed by atoms with E-state index in [0.29, 0.717) is 68.7 Å².